The van der Waals surface area contributed by atoms with Crippen LogP contribution in [0.25, 0.3) is 16.8 Å². The van der Waals surface area contributed by atoms with E-state index in [1.807, 2.05) is 22.6 Å². The van der Waals surface area contributed by atoms with Gasteiger partial charge in [0.25, 0.3) is 0 Å². The van der Waals surface area contributed by atoms with Crippen molar-refractivity contribution in [3.8, 4) is 16.9 Å². The van der Waals surface area contributed by atoms with Crippen LogP contribution in [-0.2, 0) is 13.1 Å². The Hall–Kier alpha value is -3.45. The van der Waals surface area contributed by atoms with E-state index in [0.29, 0.717) is 12.3 Å². The molecule has 30 heavy (non-hydrogen) atoms. The van der Waals surface area contributed by atoms with E-state index in [9.17, 15) is 4.39 Å². The number of nitrogens with zero attached hydrogens (tertiary/aromatic N) is 4. The minimum atomic E-state index is -0.325. The first kappa shape index (κ1) is 19.8. The number of hydrogen-bond acceptors (Lipinski definition) is 5. The van der Waals surface area contributed by atoms with Gasteiger partial charge in [0.2, 0.25) is 0 Å². The number of benzene rings is 2. The van der Waals surface area contributed by atoms with Gasteiger partial charge in [0.05, 0.1) is 7.11 Å². The third-order valence-corrected chi connectivity index (χ3v) is 4.86. The maximum absolute atomic E-state index is 13.7. The number of methoxy groups -OCH3 is 1. The summed E-state index contributed by atoms with van der Waals surface area (Å²) >= 11 is 0. The van der Waals surface area contributed by atoms with Crippen LogP contribution in [0.15, 0.2) is 60.9 Å². The van der Waals surface area contributed by atoms with E-state index in [-0.39, 0.29) is 5.82 Å². The Morgan fingerprint density at radius 2 is 1.83 bits per heavy atom. The van der Waals surface area contributed by atoms with Gasteiger partial charge in [0.1, 0.15) is 23.7 Å². The summed E-state index contributed by atoms with van der Waals surface area (Å²) in [5.74, 6) is 0.995. The maximum atomic E-state index is 13.7. The molecule has 2 aromatic heterocycles. The van der Waals surface area contributed by atoms with Gasteiger partial charge >= 0.3 is 0 Å². The predicted molar refractivity (Wildman–Crippen MR) is 116 cm³/mol. The number of ether oxygens (including phenoxy) is 1. The topological polar surface area (TPSA) is 54.7 Å². The standard InChI is InChI=1S/C23H24FN5O/c1-28(2)14-16-4-6-18(7-5-16)21-8-9-22(29-15-26-27-23(21)29)25-13-17-10-19(24)12-20(11-17)30-3/h4-12,15,25H,13-14H2,1-3H3. The minimum Gasteiger partial charge on any atom is -0.497 e. The van der Waals surface area contributed by atoms with Crippen LogP contribution in [0.3, 0.4) is 0 Å². The molecule has 154 valence electrons. The van der Waals surface area contributed by atoms with Crippen LogP contribution < -0.4 is 10.1 Å². The fourth-order valence-electron chi connectivity index (χ4n) is 3.47. The van der Waals surface area contributed by atoms with Gasteiger partial charge in [-0.05, 0) is 55.1 Å². The molecule has 0 amide bonds. The van der Waals surface area contributed by atoms with Crippen LogP contribution in [0.4, 0.5) is 10.2 Å². The molecule has 0 saturated heterocycles. The predicted octanol–water partition coefficient (Wildman–Crippen LogP) is 4.22. The molecule has 0 atom stereocenters. The van der Waals surface area contributed by atoms with Gasteiger partial charge in [-0.1, -0.05) is 24.3 Å². The van der Waals surface area contributed by atoms with Gasteiger partial charge in [0, 0.05) is 24.7 Å². The molecule has 0 bridgehead atoms. The van der Waals surface area contributed by atoms with Crippen molar-refractivity contribution in [1.82, 2.24) is 19.5 Å². The van der Waals surface area contributed by atoms with Gasteiger partial charge in [-0.3, -0.25) is 4.40 Å². The number of aromatic nitrogens is 3. The Morgan fingerprint density at radius 3 is 2.57 bits per heavy atom. The highest BCUT2D eigenvalue weighted by Gasteiger charge is 2.10. The average Bonchev–Trinajstić information content (AvgIpc) is 3.22. The summed E-state index contributed by atoms with van der Waals surface area (Å²) in [6, 6.07) is 17.1. The van der Waals surface area contributed by atoms with E-state index in [4.69, 9.17) is 4.74 Å². The number of fused-ring (bicyclic) bond motifs is 1. The lowest BCUT2D eigenvalue weighted by Crippen LogP contribution is -2.10. The number of halogens is 1. The lowest BCUT2D eigenvalue weighted by molar-refractivity contribution is 0.402. The zero-order valence-corrected chi connectivity index (χ0v) is 17.3. The maximum Gasteiger partial charge on any atom is 0.170 e. The highest BCUT2D eigenvalue weighted by molar-refractivity contribution is 5.79. The van der Waals surface area contributed by atoms with E-state index in [2.05, 4.69) is 58.8 Å². The van der Waals surface area contributed by atoms with Gasteiger partial charge < -0.3 is 15.0 Å². The number of pyridine rings is 1. The Kier molecular flexibility index (Phi) is 5.63. The molecule has 0 aliphatic heterocycles. The van der Waals surface area contributed by atoms with Gasteiger partial charge in [0.15, 0.2) is 5.65 Å². The molecule has 0 radical (unpaired) electrons. The zero-order chi connectivity index (χ0) is 21.1. The minimum absolute atomic E-state index is 0.325. The molecule has 1 N–H and O–H groups in total. The Bertz CT molecular complexity index is 1150. The molecular weight excluding hydrogens is 381 g/mol. The second-order valence-electron chi connectivity index (χ2n) is 7.44. The van der Waals surface area contributed by atoms with Crippen molar-refractivity contribution in [2.45, 2.75) is 13.1 Å². The first-order chi connectivity index (χ1) is 14.5. The van der Waals surface area contributed by atoms with Crippen molar-refractivity contribution in [2.75, 3.05) is 26.5 Å². The Balaban J connectivity index is 1.59. The van der Waals surface area contributed by atoms with Gasteiger partial charge in [-0.15, -0.1) is 10.2 Å². The van der Waals surface area contributed by atoms with E-state index in [1.54, 1.807) is 6.33 Å². The molecule has 7 heteroatoms. The van der Waals surface area contributed by atoms with Crippen molar-refractivity contribution < 1.29 is 9.13 Å². The summed E-state index contributed by atoms with van der Waals surface area (Å²) < 4.78 is 20.8. The van der Waals surface area contributed by atoms with Crippen LogP contribution >= 0.6 is 0 Å². The summed E-state index contributed by atoms with van der Waals surface area (Å²) in [4.78, 5) is 2.14. The molecule has 0 aliphatic carbocycles. The first-order valence-corrected chi connectivity index (χ1v) is 9.67. The van der Waals surface area contributed by atoms with Crippen molar-refractivity contribution in [3.05, 3.63) is 77.9 Å². The Morgan fingerprint density at radius 1 is 1.03 bits per heavy atom. The molecule has 0 aliphatic rings. The highest BCUT2D eigenvalue weighted by atomic mass is 19.1. The third kappa shape index (κ3) is 4.26. The second kappa shape index (κ2) is 8.51. The molecule has 0 fully saturated rings. The molecule has 0 saturated carbocycles. The number of nitrogens with one attached hydrogen (secondary N) is 1. The van der Waals surface area contributed by atoms with E-state index in [1.165, 1.54) is 24.8 Å². The number of rotatable bonds is 7. The molecule has 2 aromatic carbocycles. The molecular formula is C23H24FN5O. The summed E-state index contributed by atoms with van der Waals surface area (Å²) in [6.45, 7) is 1.34. The van der Waals surface area contributed by atoms with Crippen LogP contribution in [0.5, 0.6) is 5.75 Å². The fourth-order valence-corrected chi connectivity index (χ4v) is 3.47. The molecule has 6 nitrogen and oxygen atoms in total. The van der Waals surface area contributed by atoms with E-state index < -0.39 is 0 Å². The van der Waals surface area contributed by atoms with Crippen molar-refractivity contribution in [3.63, 3.8) is 0 Å². The lowest BCUT2D eigenvalue weighted by atomic mass is 10.0. The van der Waals surface area contributed by atoms with E-state index >= 15 is 0 Å². The van der Waals surface area contributed by atoms with E-state index in [0.717, 1.165) is 34.7 Å². The monoisotopic (exact) mass is 405 g/mol. The van der Waals surface area contributed by atoms with Crippen LogP contribution in [0.1, 0.15) is 11.1 Å². The summed E-state index contributed by atoms with van der Waals surface area (Å²) in [6.07, 6.45) is 1.67. The smallest absolute Gasteiger partial charge is 0.170 e. The van der Waals surface area contributed by atoms with Crippen molar-refractivity contribution in [1.29, 1.82) is 0 Å². The van der Waals surface area contributed by atoms with Crippen LogP contribution in [0.2, 0.25) is 0 Å². The summed E-state index contributed by atoms with van der Waals surface area (Å²) in [5.41, 5.74) is 4.88. The summed E-state index contributed by atoms with van der Waals surface area (Å²) in [5, 5.41) is 11.7. The summed E-state index contributed by atoms with van der Waals surface area (Å²) in [7, 11) is 5.64. The highest BCUT2D eigenvalue weighted by Crippen LogP contribution is 2.27. The SMILES string of the molecule is COc1cc(F)cc(CNc2ccc(-c3ccc(CN(C)C)cc3)c3nncn23)c1. The molecule has 4 rings (SSSR count). The van der Waals surface area contributed by atoms with Gasteiger partial charge in [-0.25, -0.2) is 4.39 Å². The van der Waals surface area contributed by atoms with Crippen LogP contribution in [0, 0.1) is 5.82 Å². The number of anilines is 1. The first-order valence-electron chi connectivity index (χ1n) is 9.67. The largest absolute Gasteiger partial charge is 0.497 e. The average molecular weight is 405 g/mol. The Labute approximate surface area is 174 Å². The van der Waals surface area contributed by atoms with Crippen molar-refractivity contribution in [2.24, 2.45) is 0 Å². The molecule has 2 heterocycles. The van der Waals surface area contributed by atoms with Crippen LogP contribution in [-0.4, -0.2) is 40.7 Å². The molecule has 4 aromatic rings. The normalized spacial score (nSPS) is 11.2. The fraction of sp³-hybridized carbons (Fsp3) is 0.217. The number of hydrogen-bond donors (Lipinski definition) is 1. The molecule has 0 unspecified atom stereocenters. The van der Waals surface area contributed by atoms with Crippen molar-refractivity contribution >= 4 is 11.5 Å². The van der Waals surface area contributed by atoms with Gasteiger partial charge in [-0.2, -0.15) is 0 Å². The lowest BCUT2D eigenvalue weighted by Gasteiger charge is -2.13. The second-order valence-corrected chi connectivity index (χ2v) is 7.44. The molecule has 0 spiro atoms. The quantitative estimate of drug-likeness (QED) is 0.499. The third-order valence-electron chi connectivity index (χ3n) is 4.86. The zero-order valence-electron chi connectivity index (χ0n) is 17.3.